The van der Waals surface area contributed by atoms with Crippen LogP contribution < -0.4 is 0 Å². The number of ether oxygens (including phenoxy) is 1. The van der Waals surface area contributed by atoms with Crippen molar-refractivity contribution in [3.8, 4) is 0 Å². The van der Waals surface area contributed by atoms with Crippen molar-refractivity contribution in [3.63, 3.8) is 0 Å². The van der Waals surface area contributed by atoms with Crippen molar-refractivity contribution in [1.82, 2.24) is 0 Å². The van der Waals surface area contributed by atoms with E-state index in [9.17, 15) is 14.4 Å². The highest BCUT2D eigenvalue weighted by Crippen LogP contribution is 2.01. The number of hydrogen-bond donors (Lipinski definition) is 0. The van der Waals surface area contributed by atoms with Crippen molar-refractivity contribution in [1.29, 1.82) is 0 Å². The van der Waals surface area contributed by atoms with E-state index in [0.29, 0.717) is 0 Å². The minimum Gasteiger partial charge on any atom is -0.362 e. The molecular formula is C6H6O4. The van der Waals surface area contributed by atoms with Gasteiger partial charge < -0.3 is 4.74 Å². The molecule has 4 nitrogen and oxygen atoms in total. The van der Waals surface area contributed by atoms with Crippen LogP contribution in [0.3, 0.4) is 0 Å². The van der Waals surface area contributed by atoms with Crippen LogP contribution in [0.2, 0.25) is 0 Å². The van der Waals surface area contributed by atoms with Crippen molar-refractivity contribution in [2.45, 2.75) is 13.0 Å². The second-order valence-corrected chi connectivity index (χ2v) is 2.07. The predicted octanol–water partition coefficient (Wildman–Crippen LogP) is -0.888. The highest BCUT2D eigenvalue weighted by molar-refractivity contribution is 6.65. The van der Waals surface area contributed by atoms with Crippen molar-refractivity contribution >= 4 is 17.3 Å². The molecule has 0 radical (unpaired) electrons. The Kier molecular flexibility index (Phi) is 1.63. The zero-order valence-electron chi connectivity index (χ0n) is 5.42. The largest absolute Gasteiger partial charge is 0.362 e. The van der Waals surface area contributed by atoms with Gasteiger partial charge in [0.2, 0.25) is 11.6 Å². The van der Waals surface area contributed by atoms with E-state index in [2.05, 4.69) is 4.74 Å². The summed E-state index contributed by atoms with van der Waals surface area (Å²) in [4.78, 5) is 31.7. The fourth-order valence-corrected chi connectivity index (χ4v) is 0.664. The van der Waals surface area contributed by atoms with E-state index in [0.717, 1.165) is 0 Å². The Morgan fingerprint density at radius 1 is 1.40 bits per heavy atom. The second kappa shape index (κ2) is 2.30. The SMILES string of the molecule is CC1OCC(=O)C(=O)C1=O. The molecule has 1 atom stereocenters. The Bertz CT molecular complexity index is 206. The maximum atomic E-state index is 10.6. The summed E-state index contributed by atoms with van der Waals surface area (Å²) in [5.41, 5.74) is 0. The molecule has 0 N–H and O–H groups in total. The van der Waals surface area contributed by atoms with E-state index in [1.807, 2.05) is 0 Å². The normalized spacial score (nSPS) is 27.3. The molecule has 0 aromatic carbocycles. The molecule has 0 amide bonds. The zero-order valence-corrected chi connectivity index (χ0v) is 5.42. The number of hydrogen-bond acceptors (Lipinski definition) is 4. The summed E-state index contributed by atoms with van der Waals surface area (Å²) < 4.78 is 4.65. The van der Waals surface area contributed by atoms with Crippen LogP contribution >= 0.6 is 0 Å². The number of carbonyl (C=O) groups excluding carboxylic acids is 3. The lowest BCUT2D eigenvalue weighted by atomic mass is 10.1. The molecule has 0 aliphatic carbocycles. The fraction of sp³-hybridized carbons (Fsp3) is 0.500. The third-order valence-electron chi connectivity index (χ3n) is 1.31. The molecule has 0 spiro atoms. The molecule has 0 aromatic heterocycles. The first-order valence-corrected chi connectivity index (χ1v) is 2.86. The van der Waals surface area contributed by atoms with Crippen molar-refractivity contribution < 1.29 is 19.1 Å². The first kappa shape index (κ1) is 7.08. The van der Waals surface area contributed by atoms with Gasteiger partial charge in [0.15, 0.2) is 0 Å². The van der Waals surface area contributed by atoms with Crippen molar-refractivity contribution in [2.75, 3.05) is 6.61 Å². The summed E-state index contributed by atoms with van der Waals surface area (Å²) in [6.45, 7) is 1.19. The highest BCUT2D eigenvalue weighted by atomic mass is 16.5. The Labute approximate surface area is 57.2 Å². The van der Waals surface area contributed by atoms with Gasteiger partial charge in [-0.1, -0.05) is 0 Å². The van der Waals surface area contributed by atoms with Crippen LogP contribution in [0.15, 0.2) is 0 Å². The smallest absolute Gasteiger partial charge is 0.269 e. The summed E-state index contributed by atoms with van der Waals surface area (Å²) >= 11 is 0. The van der Waals surface area contributed by atoms with Gasteiger partial charge in [-0.05, 0) is 6.92 Å². The predicted molar refractivity (Wildman–Crippen MR) is 30.4 cm³/mol. The van der Waals surface area contributed by atoms with Crippen LogP contribution in [0.1, 0.15) is 6.92 Å². The summed E-state index contributed by atoms with van der Waals surface area (Å²) in [5.74, 6) is -2.42. The lowest BCUT2D eigenvalue weighted by Gasteiger charge is -2.14. The van der Waals surface area contributed by atoms with Crippen LogP contribution in [0.5, 0.6) is 0 Å². The van der Waals surface area contributed by atoms with Gasteiger partial charge in [0.1, 0.15) is 12.7 Å². The lowest BCUT2D eigenvalue weighted by Crippen LogP contribution is -2.42. The zero-order chi connectivity index (χ0) is 7.72. The van der Waals surface area contributed by atoms with Gasteiger partial charge in [0.25, 0.3) is 5.78 Å². The maximum Gasteiger partial charge on any atom is 0.269 e. The minimum atomic E-state index is -0.932. The highest BCUT2D eigenvalue weighted by Gasteiger charge is 2.33. The molecule has 54 valence electrons. The number of ketones is 3. The average molecular weight is 142 g/mol. The minimum absolute atomic E-state index is 0.258. The molecule has 1 aliphatic rings. The number of carbonyl (C=O) groups is 3. The first-order chi connectivity index (χ1) is 4.63. The van der Waals surface area contributed by atoms with Gasteiger partial charge in [-0.3, -0.25) is 14.4 Å². The Balaban J connectivity index is 2.80. The first-order valence-electron chi connectivity index (χ1n) is 2.86. The summed E-state index contributed by atoms with van der Waals surface area (Å²) in [5, 5.41) is 0. The quantitative estimate of drug-likeness (QED) is 0.412. The average Bonchev–Trinajstić information content (AvgIpc) is 1.93. The molecule has 1 heterocycles. The van der Waals surface area contributed by atoms with Gasteiger partial charge in [-0.25, -0.2) is 0 Å². The molecule has 1 fully saturated rings. The van der Waals surface area contributed by atoms with Gasteiger partial charge in [-0.15, -0.1) is 0 Å². The van der Waals surface area contributed by atoms with E-state index < -0.39 is 23.5 Å². The van der Waals surface area contributed by atoms with Gasteiger partial charge in [0.05, 0.1) is 0 Å². The van der Waals surface area contributed by atoms with E-state index in [1.54, 1.807) is 0 Å². The molecular weight excluding hydrogens is 136 g/mol. The van der Waals surface area contributed by atoms with Crippen LogP contribution in [-0.2, 0) is 19.1 Å². The number of Topliss-reactive ketones (excluding diaryl/α,β-unsaturated/α-hetero) is 3. The molecule has 1 rings (SSSR count). The molecule has 0 aromatic rings. The third kappa shape index (κ3) is 0.974. The maximum absolute atomic E-state index is 10.6. The molecule has 0 bridgehead atoms. The molecule has 1 unspecified atom stereocenters. The number of rotatable bonds is 0. The monoisotopic (exact) mass is 142 g/mol. The summed E-state index contributed by atoms with van der Waals surface area (Å²) in [6, 6.07) is 0. The van der Waals surface area contributed by atoms with Crippen LogP contribution in [0.4, 0.5) is 0 Å². The van der Waals surface area contributed by atoms with E-state index >= 15 is 0 Å². The van der Waals surface area contributed by atoms with Gasteiger partial charge >= 0.3 is 0 Å². The van der Waals surface area contributed by atoms with Gasteiger partial charge in [0, 0.05) is 0 Å². The van der Waals surface area contributed by atoms with Crippen LogP contribution in [0, 0.1) is 0 Å². The van der Waals surface area contributed by atoms with Gasteiger partial charge in [-0.2, -0.15) is 0 Å². The van der Waals surface area contributed by atoms with Crippen LogP contribution in [-0.4, -0.2) is 30.1 Å². The van der Waals surface area contributed by atoms with Crippen molar-refractivity contribution in [3.05, 3.63) is 0 Å². The lowest BCUT2D eigenvalue weighted by molar-refractivity contribution is -0.156. The summed E-state index contributed by atoms with van der Waals surface area (Å²) in [6.07, 6.45) is -0.745. The standard InChI is InChI=1S/C6H6O4/c1-3-5(8)6(9)4(7)2-10-3/h3H,2H2,1H3. The Morgan fingerprint density at radius 3 is 2.50 bits per heavy atom. The molecule has 0 saturated carbocycles. The fourth-order valence-electron chi connectivity index (χ4n) is 0.664. The second-order valence-electron chi connectivity index (χ2n) is 2.07. The molecule has 10 heavy (non-hydrogen) atoms. The summed E-state index contributed by atoms with van der Waals surface area (Å²) in [7, 11) is 0. The van der Waals surface area contributed by atoms with E-state index in [1.165, 1.54) is 6.92 Å². The molecule has 1 aliphatic heterocycles. The molecule has 4 heteroatoms. The topological polar surface area (TPSA) is 60.4 Å². The van der Waals surface area contributed by atoms with E-state index in [-0.39, 0.29) is 6.61 Å². The Morgan fingerprint density at radius 2 is 2.00 bits per heavy atom. The van der Waals surface area contributed by atoms with Crippen molar-refractivity contribution in [2.24, 2.45) is 0 Å². The molecule has 1 saturated heterocycles. The third-order valence-corrected chi connectivity index (χ3v) is 1.31. The van der Waals surface area contributed by atoms with Crippen LogP contribution in [0.25, 0.3) is 0 Å². The van der Waals surface area contributed by atoms with E-state index in [4.69, 9.17) is 0 Å². The Hall–Kier alpha value is -1.03.